The summed E-state index contributed by atoms with van der Waals surface area (Å²) in [4.78, 5) is 68.7. The number of carbonyl (C=O) groups excluding carboxylic acids is 4. The van der Waals surface area contributed by atoms with Crippen LogP contribution in [0.25, 0.3) is 33.0 Å². The molecule has 6 rings (SSSR count). The smallest absolute Gasteiger partial charge is 0.246 e. The number of likely N-dealkylation sites (tertiary alicyclic amines) is 1. The van der Waals surface area contributed by atoms with Crippen LogP contribution in [0.5, 0.6) is 5.75 Å². The van der Waals surface area contributed by atoms with Crippen LogP contribution in [0.3, 0.4) is 0 Å². The van der Waals surface area contributed by atoms with Crippen LogP contribution >= 0.6 is 11.3 Å². The number of aromatic nitrogens is 6. The monoisotopic (exact) mass is 1030 g/mol. The number of amides is 4. The Bertz CT molecular complexity index is 2720. The van der Waals surface area contributed by atoms with Crippen molar-refractivity contribution in [3.8, 4) is 39.5 Å². The summed E-state index contributed by atoms with van der Waals surface area (Å²) in [5.74, 6) is 5.24. The maximum Gasteiger partial charge on any atom is 0.246 e. The van der Waals surface area contributed by atoms with Crippen LogP contribution in [-0.2, 0) is 41.7 Å². The number of pyridine rings is 1. The Morgan fingerprint density at radius 1 is 0.973 bits per heavy atom. The number of anilines is 1. The lowest BCUT2D eigenvalue weighted by Gasteiger charge is -2.35. The summed E-state index contributed by atoms with van der Waals surface area (Å²) in [6.45, 7) is 15.4. The number of thiazole rings is 1. The minimum absolute atomic E-state index is 0.0344. The number of ether oxygens (including phenoxy) is 3. The molecule has 8 N–H and O–H groups in total. The molecule has 0 unspecified atom stereocenters. The van der Waals surface area contributed by atoms with E-state index in [4.69, 9.17) is 29.6 Å². The molecular weight excluding hydrogens is 961 g/mol. The summed E-state index contributed by atoms with van der Waals surface area (Å²) >= 11 is 1.56. The van der Waals surface area contributed by atoms with Crippen molar-refractivity contribution in [1.82, 2.24) is 56.0 Å². The summed E-state index contributed by atoms with van der Waals surface area (Å²) in [7, 11) is 0. The number of benzene rings is 1. The van der Waals surface area contributed by atoms with Crippen molar-refractivity contribution in [2.24, 2.45) is 5.41 Å². The highest BCUT2D eigenvalue weighted by atomic mass is 32.1. The Morgan fingerprint density at radius 2 is 1.73 bits per heavy atom. The fourth-order valence-electron chi connectivity index (χ4n) is 7.96. The van der Waals surface area contributed by atoms with Gasteiger partial charge in [-0.2, -0.15) is 0 Å². The normalized spacial score (nSPS) is 15.2. The van der Waals surface area contributed by atoms with Gasteiger partial charge in [0.25, 0.3) is 0 Å². The number of rotatable bonds is 25. The van der Waals surface area contributed by atoms with E-state index in [1.54, 1.807) is 36.9 Å². The van der Waals surface area contributed by atoms with Crippen molar-refractivity contribution < 1.29 is 48.2 Å². The van der Waals surface area contributed by atoms with Crippen molar-refractivity contribution in [3.63, 3.8) is 0 Å². The van der Waals surface area contributed by atoms with Crippen molar-refractivity contribution >= 4 is 51.8 Å². The Hall–Kier alpha value is -6.55. The number of carbonyl (C=O) groups is 4. The fourth-order valence-corrected chi connectivity index (χ4v) is 8.77. The maximum atomic E-state index is 13.9. The molecule has 0 aliphatic carbocycles. The van der Waals surface area contributed by atoms with E-state index >= 15 is 0 Å². The number of nitrogen functional groups attached to an aromatic ring is 1. The average Bonchev–Trinajstić information content (AvgIpc) is 4.16. The van der Waals surface area contributed by atoms with Crippen LogP contribution in [0.1, 0.15) is 84.2 Å². The second-order valence-corrected chi connectivity index (χ2v) is 20.0. The van der Waals surface area contributed by atoms with Gasteiger partial charge in [-0.05, 0) is 86.4 Å². The molecule has 1 saturated heterocycles. The van der Waals surface area contributed by atoms with Crippen LogP contribution < -0.4 is 31.7 Å². The summed E-state index contributed by atoms with van der Waals surface area (Å²) in [5.41, 5.74) is 10.5. The Kier molecular flexibility index (Phi) is 19.8. The molecule has 1 aromatic carbocycles. The molecule has 1 fully saturated rings. The zero-order valence-electron chi connectivity index (χ0n) is 42.6. The van der Waals surface area contributed by atoms with Gasteiger partial charge in [0.15, 0.2) is 23.1 Å². The summed E-state index contributed by atoms with van der Waals surface area (Å²) in [6, 6.07) is 5.93. The van der Waals surface area contributed by atoms with E-state index in [0.717, 1.165) is 21.7 Å². The number of aryl methyl sites for hydroxylation is 2. The van der Waals surface area contributed by atoms with Crippen molar-refractivity contribution in [1.29, 1.82) is 0 Å². The number of fused-ring (bicyclic) bond motifs is 1. The molecule has 5 aromatic rings. The first kappa shape index (κ1) is 55.8. The zero-order valence-corrected chi connectivity index (χ0v) is 43.4. The summed E-state index contributed by atoms with van der Waals surface area (Å²) < 4.78 is 23.9. The molecule has 4 aromatic heterocycles. The lowest BCUT2D eigenvalue weighted by atomic mass is 9.85. The quantitative estimate of drug-likeness (QED) is 0.0327. The molecule has 394 valence electrons. The van der Waals surface area contributed by atoms with Crippen molar-refractivity contribution in [2.75, 3.05) is 64.9 Å². The number of hydrogen-bond donors (Lipinski definition) is 7. The number of nitrogens with one attached hydrogen (secondary N) is 4. The second kappa shape index (κ2) is 25.9. The highest BCUT2D eigenvalue weighted by Crippen LogP contribution is 2.34. The molecule has 1 aliphatic heterocycles. The lowest BCUT2D eigenvalue weighted by molar-refractivity contribution is -0.144. The SMILES string of the molecule is CCn1c(-c2nonc2N)nc2c(C#CC(C)(C)O)ncc(OCCCNCCCC(=O)NCCOCCOCC(=O)N[C@H](C(=O)N3C[C@H](O)C[C@H]3C(=O)NCc3ccc(-c4scnc4C)cc3)C(C)(C)C)c21. The van der Waals surface area contributed by atoms with Crippen LogP contribution in [0.15, 0.2) is 40.6 Å². The molecule has 3 atom stereocenters. The average molecular weight is 1030 g/mol. The fraction of sp³-hybridized carbons (Fsp3) is 0.540. The molecule has 1 aliphatic rings. The molecule has 0 spiro atoms. The molecule has 22 nitrogen and oxygen atoms in total. The van der Waals surface area contributed by atoms with Crippen LogP contribution in [0.4, 0.5) is 5.82 Å². The Balaban J connectivity index is 0.827. The molecular formula is C50H68N12O10S. The predicted octanol–water partition coefficient (Wildman–Crippen LogP) is 2.73. The number of nitrogens with two attached hydrogens (primary N) is 1. The van der Waals surface area contributed by atoms with Crippen molar-refractivity contribution in [2.45, 2.75) is 111 Å². The third-order valence-electron chi connectivity index (χ3n) is 11.7. The van der Waals surface area contributed by atoms with Gasteiger partial charge in [0.05, 0.1) is 54.8 Å². The van der Waals surface area contributed by atoms with Gasteiger partial charge in [0.2, 0.25) is 23.6 Å². The van der Waals surface area contributed by atoms with E-state index in [0.29, 0.717) is 80.3 Å². The summed E-state index contributed by atoms with van der Waals surface area (Å²) in [6.07, 6.45) is 2.40. The first-order valence-electron chi connectivity index (χ1n) is 24.4. The predicted molar refractivity (Wildman–Crippen MR) is 273 cm³/mol. The molecule has 4 amide bonds. The van der Waals surface area contributed by atoms with Gasteiger partial charge in [-0.3, -0.25) is 19.2 Å². The lowest BCUT2D eigenvalue weighted by Crippen LogP contribution is -2.58. The highest BCUT2D eigenvalue weighted by molar-refractivity contribution is 7.13. The Labute approximate surface area is 428 Å². The summed E-state index contributed by atoms with van der Waals surface area (Å²) in [5, 5.41) is 40.2. The standard InChI is InChI=1S/C50H68N12O10S/c1-8-61-42-37(27-54-35(16-17-50(6,7)68)40(42)58-46(61)41-45(51)60-72-59-41)71-21-10-19-52-18-9-11-38(64)53-20-22-69-23-24-70-29-39(65)57-44(49(3,4)5)48(67)62-28-34(63)25-36(62)47(66)55-26-32-12-14-33(15-13-32)43-31(2)56-30-73-43/h12-15,27,30,34,36,44,52,63,68H,8-11,18-26,28-29H2,1-7H3,(H2,51,60)(H,53,64)(H,55,66)(H,57,65)/t34-,36+,44-/m1/s1. The first-order chi connectivity index (χ1) is 34.8. The number of β-amino-alcohol motifs (C(OH)–C–C–N with tert-alkyl or cyclic N) is 1. The topological polar surface area (TPSA) is 296 Å². The van der Waals surface area contributed by atoms with E-state index in [9.17, 15) is 29.4 Å². The van der Waals surface area contributed by atoms with Gasteiger partial charge in [-0.15, -0.1) is 11.3 Å². The second-order valence-electron chi connectivity index (χ2n) is 19.2. The third-order valence-corrected chi connectivity index (χ3v) is 12.6. The van der Waals surface area contributed by atoms with Crippen LogP contribution in [-0.4, -0.2) is 152 Å². The number of hydrogen-bond acceptors (Lipinski definition) is 18. The van der Waals surface area contributed by atoms with E-state index in [-0.39, 0.29) is 69.3 Å². The van der Waals surface area contributed by atoms with Gasteiger partial charge < -0.3 is 60.9 Å². The highest BCUT2D eigenvalue weighted by Gasteiger charge is 2.44. The van der Waals surface area contributed by atoms with Crippen LogP contribution in [0, 0.1) is 24.2 Å². The van der Waals surface area contributed by atoms with E-state index in [1.807, 2.05) is 63.5 Å². The van der Waals surface area contributed by atoms with Crippen molar-refractivity contribution in [3.05, 3.63) is 52.9 Å². The van der Waals surface area contributed by atoms with Gasteiger partial charge in [-0.25, -0.2) is 19.6 Å². The van der Waals surface area contributed by atoms with E-state index in [2.05, 4.69) is 53.4 Å². The largest absolute Gasteiger partial charge is 0.490 e. The van der Waals surface area contributed by atoms with Gasteiger partial charge >= 0.3 is 0 Å². The molecule has 0 saturated carbocycles. The minimum Gasteiger partial charge on any atom is -0.490 e. The third kappa shape index (κ3) is 15.7. The zero-order chi connectivity index (χ0) is 52.7. The number of imidazole rings is 1. The first-order valence-corrected chi connectivity index (χ1v) is 25.3. The number of aliphatic hydroxyl groups excluding tert-OH is 1. The van der Waals surface area contributed by atoms with Gasteiger partial charge in [0, 0.05) is 39.0 Å². The van der Waals surface area contributed by atoms with E-state index in [1.165, 1.54) is 4.90 Å². The minimum atomic E-state index is -1.24. The number of aliphatic hydroxyl groups is 2. The van der Waals surface area contributed by atoms with Gasteiger partial charge in [0.1, 0.15) is 41.0 Å². The Morgan fingerprint density at radius 3 is 2.41 bits per heavy atom. The van der Waals surface area contributed by atoms with Crippen LogP contribution in [0.2, 0.25) is 0 Å². The number of nitrogens with zero attached hydrogens (tertiary/aromatic N) is 7. The maximum absolute atomic E-state index is 13.9. The molecule has 23 heteroatoms. The molecule has 73 heavy (non-hydrogen) atoms. The van der Waals surface area contributed by atoms with Gasteiger partial charge in [-0.1, -0.05) is 51.0 Å². The molecule has 0 bridgehead atoms. The molecule has 5 heterocycles. The molecule has 0 radical (unpaired) electrons. The van der Waals surface area contributed by atoms with E-state index < -0.39 is 41.0 Å².